The van der Waals surface area contributed by atoms with Crippen molar-refractivity contribution in [3.05, 3.63) is 76.9 Å². The van der Waals surface area contributed by atoms with Gasteiger partial charge >= 0.3 is 5.97 Å². The molecule has 1 aliphatic rings. The number of nitrogens with zero attached hydrogens (tertiary/aromatic N) is 5. The van der Waals surface area contributed by atoms with E-state index in [4.69, 9.17) is 10.00 Å². The Kier molecular flexibility index (Phi) is 4.72. The Morgan fingerprint density at radius 3 is 2.46 bits per heavy atom. The number of benzene rings is 2. The van der Waals surface area contributed by atoms with Crippen LogP contribution in [0.1, 0.15) is 22.5 Å². The zero-order valence-electron chi connectivity index (χ0n) is 14.9. The van der Waals surface area contributed by atoms with Crippen molar-refractivity contribution < 1.29 is 13.9 Å². The highest BCUT2D eigenvalue weighted by Crippen LogP contribution is 2.21. The van der Waals surface area contributed by atoms with Crippen molar-refractivity contribution in [3.63, 3.8) is 0 Å². The minimum absolute atomic E-state index is 0.0236. The molecule has 0 radical (unpaired) electrons. The summed E-state index contributed by atoms with van der Waals surface area (Å²) < 4.78 is 19.8. The fraction of sp³-hybridized carbons (Fsp3) is 0.200. The Morgan fingerprint density at radius 1 is 1.11 bits per heavy atom. The molecule has 28 heavy (non-hydrogen) atoms. The third-order valence-electron chi connectivity index (χ3n) is 4.41. The first-order valence-corrected chi connectivity index (χ1v) is 8.70. The maximum atomic E-state index is 14.5. The van der Waals surface area contributed by atoms with Crippen LogP contribution in [0, 0.1) is 17.3 Å². The van der Waals surface area contributed by atoms with Gasteiger partial charge in [0, 0.05) is 0 Å². The van der Waals surface area contributed by atoms with E-state index >= 15 is 0 Å². The maximum absolute atomic E-state index is 14.5. The fourth-order valence-electron chi connectivity index (χ4n) is 2.99. The van der Waals surface area contributed by atoms with Crippen LogP contribution in [0.3, 0.4) is 0 Å². The molecule has 0 N–H and O–H groups in total. The van der Waals surface area contributed by atoms with Crippen LogP contribution in [0.2, 0.25) is 0 Å². The van der Waals surface area contributed by atoms with Crippen LogP contribution in [0.4, 0.5) is 4.39 Å². The molecule has 2 aromatic carbocycles. The number of hydrogen-bond acceptors (Lipinski definition) is 6. The van der Waals surface area contributed by atoms with Gasteiger partial charge in [-0.2, -0.15) is 15.5 Å². The molecule has 8 heteroatoms. The van der Waals surface area contributed by atoms with Crippen molar-refractivity contribution in [2.75, 3.05) is 0 Å². The second-order valence-corrected chi connectivity index (χ2v) is 6.45. The van der Waals surface area contributed by atoms with Crippen molar-refractivity contribution in [1.82, 2.24) is 19.9 Å². The average molecular weight is 377 g/mol. The number of halogens is 1. The van der Waals surface area contributed by atoms with Crippen molar-refractivity contribution >= 4 is 5.97 Å². The Morgan fingerprint density at radius 2 is 1.82 bits per heavy atom. The van der Waals surface area contributed by atoms with E-state index in [0.717, 1.165) is 5.56 Å². The number of rotatable bonds is 5. The van der Waals surface area contributed by atoms with Crippen molar-refractivity contribution in [2.24, 2.45) is 0 Å². The van der Waals surface area contributed by atoms with E-state index in [2.05, 4.69) is 10.2 Å². The molecule has 0 unspecified atom stereocenters. The molecule has 0 atom stereocenters. The van der Waals surface area contributed by atoms with Gasteiger partial charge < -0.3 is 4.74 Å². The van der Waals surface area contributed by atoms with Gasteiger partial charge in [-0.3, -0.25) is 9.69 Å². The fourth-order valence-corrected chi connectivity index (χ4v) is 2.99. The van der Waals surface area contributed by atoms with Gasteiger partial charge in [0.05, 0.1) is 19.5 Å². The number of nitriles is 1. The van der Waals surface area contributed by atoms with Gasteiger partial charge in [-0.25, -0.2) is 4.39 Å². The summed E-state index contributed by atoms with van der Waals surface area (Å²) in [6, 6.07) is 13.8. The Bertz CT molecular complexity index is 1030. The second-order valence-electron chi connectivity index (χ2n) is 6.45. The summed E-state index contributed by atoms with van der Waals surface area (Å²) in [5, 5.41) is 17.4. The van der Waals surface area contributed by atoms with Crippen LogP contribution < -0.4 is 0 Å². The first-order chi connectivity index (χ1) is 13.6. The highest BCUT2D eigenvalue weighted by molar-refractivity contribution is 5.72. The lowest BCUT2D eigenvalue weighted by Crippen LogP contribution is -2.12. The number of hydrogen-bond donors (Lipinski definition) is 0. The van der Waals surface area contributed by atoms with Crippen molar-refractivity contribution in [1.29, 1.82) is 5.26 Å². The number of fused-ring (bicyclic) bond motifs is 1. The van der Waals surface area contributed by atoms with E-state index in [1.54, 1.807) is 6.07 Å². The zero-order valence-corrected chi connectivity index (χ0v) is 14.9. The van der Waals surface area contributed by atoms with Gasteiger partial charge in [0.1, 0.15) is 23.7 Å². The van der Waals surface area contributed by atoms with Gasteiger partial charge in [-0.15, -0.1) is 4.80 Å². The largest absolute Gasteiger partial charge is 0.461 e. The van der Waals surface area contributed by atoms with E-state index in [-0.39, 0.29) is 18.7 Å². The summed E-state index contributed by atoms with van der Waals surface area (Å²) in [6.45, 7) is 0.931. The molecule has 0 saturated carbocycles. The van der Waals surface area contributed by atoms with Crippen molar-refractivity contribution in [2.45, 2.75) is 26.1 Å². The first kappa shape index (κ1) is 17.7. The van der Waals surface area contributed by atoms with Crippen LogP contribution in [-0.4, -0.2) is 25.9 Å². The summed E-state index contributed by atoms with van der Waals surface area (Å²) >= 11 is 0. The Balaban J connectivity index is 1.41. The molecule has 1 aliphatic heterocycles. The topological polar surface area (TPSA) is 84.0 Å². The normalized spacial score (nSPS) is 12.5. The predicted molar refractivity (Wildman–Crippen MR) is 96.1 cm³/mol. The third kappa shape index (κ3) is 3.69. The molecule has 0 bridgehead atoms. The number of ether oxygens (including phenoxy) is 1. The minimum Gasteiger partial charge on any atom is -0.461 e. The lowest BCUT2D eigenvalue weighted by Gasteiger charge is -2.08. The van der Waals surface area contributed by atoms with E-state index < -0.39 is 11.8 Å². The zero-order chi connectivity index (χ0) is 19.5. The molecular weight excluding hydrogens is 361 g/mol. The molecule has 140 valence electrons. The quantitative estimate of drug-likeness (QED) is 0.502. The molecule has 3 aromatic rings. The van der Waals surface area contributed by atoms with Crippen LogP contribution in [0.25, 0.3) is 5.69 Å². The standard InChI is InChI=1S/C20H16FN5O2/c21-16-8-15(9-20(27)28-12-14-4-2-1-3-5-14)6-7-19(16)26-23-17-10-25(13-22)11-18(17)24-26/h1-8H,9-12H2. The second kappa shape index (κ2) is 7.48. The molecule has 1 aromatic heterocycles. The molecule has 0 fully saturated rings. The molecule has 0 saturated heterocycles. The summed E-state index contributed by atoms with van der Waals surface area (Å²) in [7, 11) is 0. The molecule has 0 spiro atoms. The van der Waals surface area contributed by atoms with Gasteiger partial charge in [0.2, 0.25) is 0 Å². The van der Waals surface area contributed by atoms with Gasteiger partial charge in [-0.1, -0.05) is 36.4 Å². The van der Waals surface area contributed by atoms with Gasteiger partial charge in [-0.05, 0) is 23.3 Å². The third-order valence-corrected chi connectivity index (χ3v) is 4.41. The van der Waals surface area contributed by atoms with Gasteiger partial charge in [0.25, 0.3) is 0 Å². The van der Waals surface area contributed by atoms with Crippen LogP contribution in [0.5, 0.6) is 0 Å². The van der Waals surface area contributed by atoms with Gasteiger partial charge in [0.15, 0.2) is 12.0 Å². The van der Waals surface area contributed by atoms with E-state index in [0.29, 0.717) is 30.0 Å². The molecule has 0 amide bonds. The van der Waals surface area contributed by atoms with E-state index in [1.165, 1.54) is 21.8 Å². The monoisotopic (exact) mass is 377 g/mol. The smallest absolute Gasteiger partial charge is 0.310 e. The van der Waals surface area contributed by atoms with Crippen LogP contribution >= 0.6 is 0 Å². The Hall–Kier alpha value is -3.73. The molecule has 2 heterocycles. The predicted octanol–water partition coefficient (Wildman–Crippen LogP) is 2.49. The average Bonchev–Trinajstić information content (AvgIpc) is 3.26. The molecule has 0 aliphatic carbocycles. The minimum atomic E-state index is -0.529. The van der Waals surface area contributed by atoms with E-state index in [9.17, 15) is 9.18 Å². The molecule has 4 rings (SSSR count). The number of carbonyl (C=O) groups is 1. The van der Waals surface area contributed by atoms with Crippen molar-refractivity contribution in [3.8, 4) is 11.9 Å². The summed E-state index contributed by atoms with van der Waals surface area (Å²) in [4.78, 5) is 14.8. The van der Waals surface area contributed by atoms with E-state index in [1.807, 2.05) is 36.5 Å². The summed E-state index contributed by atoms with van der Waals surface area (Å²) in [5.74, 6) is -0.956. The van der Waals surface area contributed by atoms with Crippen LogP contribution in [0.15, 0.2) is 48.5 Å². The summed E-state index contributed by atoms with van der Waals surface area (Å²) in [6.07, 6.45) is 2.02. The molecule has 7 nitrogen and oxygen atoms in total. The maximum Gasteiger partial charge on any atom is 0.310 e. The first-order valence-electron chi connectivity index (χ1n) is 8.70. The highest BCUT2D eigenvalue weighted by atomic mass is 19.1. The lowest BCUT2D eigenvalue weighted by atomic mass is 10.1. The Labute approximate surface area is 160 Å². The molecular formula is C20H16FN5O2. The SMILES string of the molecule is N#CN1Cc2nn(-c3ccc(CC(=O)OCc4ccccc4)cc3F)nc2C1. The van der Waals surface area contributed by atoms with Crippen LogP contribution in [-0.2, 0) is 35.6 Å². The highest BCUT2D eigenvalue weighted by Gasteiger charge is 2.24. The number of carbonyl (C=O) groups excluding carboxylic acids is 1. The number of esters is 1. The lowest BCUT2D eigenvalue weighted by molar-refractivity contribution is -0.144. The number of aromatic nitrogens is 3. The summed E-state index contributed by atoms with van der Waals surface area (Å²) in [5.41, 5.74) is 2.92.